The van der Waals surface area contributed by atoms with Crippen molar-refractivity contribution in [3.8, 4) is 0 Å². The van der Waals surface area contributed by atoms with E-state index in [0.29, 0.717) is 6.42 Å². The highest BCUT2D eigenvalue weighted by atomic mass is 35.5. The zero-order chi connectivity index (χ0) is 13.0. The van der Waals surface area contributed by atoms with Crippen molar-refractivity contribution in [1.29, 1.82) is 0 Å². The summed E-state index contributed by atoms with van der Waals surface area (Å²) in [6.45, 7) is 0.847. The van der Waals surface area contributed by atoms with Crippen LogP contribution < -0.4 is 10.6 Å². The van der Waals surface area contributed by atoms with Crippen LogP contribution in [0.3, 0.4) is 0 Å². The lowest BCUT2D eigenvalue weighted by atomic mass is 10.1. The minimum absolute atomic E-state index is 0. The SMILES string of the molecule is CNCCCC(=O)NC1CCc2cc(F)ccc21.Cl. The largest absolute Gasteiger partial charge is 0.349 e. The average molecular weight is 287 g/mol. The summed E-state index contributed by atoms with van der Waals surface area (Å²) in [5, 5.41) is 6.04. The van der Waals surface area contributed by atoms with Gasteiger partial charge in [-0.05, 0) is 56.1 Å². The summed E-state index contributed by atoms with van der Waals surface area (Å²) in [5.41, 5.74) is 2.09. The molecule has 2 rings (SSSR count). The topological polar surface area (TPSA) is 41.1 Å². The maximum atomic E-state index is 13.1. The van der Waals surface area contributed by atoms with Crippen LogP contribution in [-0.4, -0.2) is 19.5 Å². The minimum Gasteiger partial charge on any atom is -0.349 e. The van der Waals surface area contributed by atoms with Crippen LogP contribution in [0.2, 0.25) is 0 Å². The van der Waals surface area contributed by atoms with Crippen LogP contribution in [0.25, 0.3) is 0 Å². The standard InChI is InChI=1S/C14H19FN2O.ClH/c1-16-8-2-3-14(18)17-13-7-4-10-9-11(15)5-6-12(10)13;/h5-6,9,13,16H,2-4,7-8H2,1H3,(H,17,18);1H. The van der Waals surface area contributed by atoms with E-state index in [-0.39, 0.29) is 30.2 Å². The van der Waals surface area contributed by atoms with Crippen LogP contribution >= 0.6 is 12.4 Å². The third-order valence-electron chi connectivity index (χ3n) is 3.35. The third kappa shape index (κ3) is 4.18. The molecule has 1 aliphatic carbocycles. The summed E-state index contributed by atoms with van der Waals surface area (Å²) >= 11 is 0. The van der Waals surface area contributed by atoms with E-state index < -0.39 is 0 Å². The highest BCUT2D eigenvalue weighted by Crippen LogP contribution is 2.31. The van der Waals surface area contributed by atoms with Gasteiger partial charge in [-0.25, -0.2) is 4.39 Å². The molecule has 0 radical (unpaired) electrons. The first-order chi connectivity index (χ1) is 8.70. The lowest BCUT2D eigenvalue weighted by Crippen LogP contribution is -2.27. The van der Waals surface area contributed by atoms with Gasteiger partial charge in [-0.15, -0.1) is 12.4 Å². The fourth-order valence-corrected chi connectivity index (χ4v) is 2.43. The van der Waals surface area contributed by atoms with Crippen molar-refractivity contribution in [2.75, 3.05) is 13.6 Å². The number of carbonyl (C=O) groups excluding carboxylic acids is 1. The molecule has 1 aliphatic rings. The summed E-state index contributed by atoms with van der Waals surface area (Å²) in [4.78, 5) is 11.7. The number of hydrogen-bond acceptors (Lipinski definition) is 2. The van der Waals surface area contributed by atoms with Gasteiger partial charge in [0, 0.05) is 6.42 Å². The number of benzene rings is 1. The van der Waals surface area contributed by atoms with E-state index in [2.05, 4.69) is 10.6 Å². The minimum atomic E-state index is -0.199. The van der Waals surface area contributed by atoms with E-state index in [1.54, 1.807) is 12.1 Å². The number of amides is 1. The van der Waals surface area contributed by atoms with Gasteiger partial charge in [0.15, 0.2) is 0 Å². The number of nitrogens with one attached hydrogen (secondary N) is 2. The van der Waals surface area contributed by atoms with Crippen LogP contribution in [0.4, 0.5) is 4.39 Å². The second kappa shape index (κ2) is 7.46. The van der Waals surface area contributed by atoms with Crippen molar-refractivity contribution in [3.63, 3.8) is 0 Å². The Morgan fingerprint density at radius 1 is 1.47 bits per heavy atom. The van der Waals surface area contributed by atoms with Crippen LogP contribution in [0.1, 0.15) is 36.4 Å². The number of aryl methyl sites for hydroxylation is 1. The number of rotatable bonds is 5. The quantitative estimate of drug-likeness (QED) is 0.816. The first kappa shape index (κ1) is 15.9. The predicted octanol–water partition coefficient (Wildman–Crippen LogP) is 2.35. The lowest BCUT2D eigenvalue weighted by Gasteiger charge is -2.14. The molecule has 0 heterocycles. The van der Waals surface area contributed by atoms with Gasteiger partial charge in [0.05, 0.1) is 6.04 Å². The fraction of sp³-hybridized carbons (Fsp3) is 0.500. The molecule has 1 aromatic rings. The van der Waals surface area contributed by atoms with Crippen molar-refractivity contribution < 1.29 is 9.18 Å². The first-order valence-electron chi connectivity index (χ1n) is 6.43. The molecular weight excluding hydrogens is 267 g/mol. The molecule has 5 heteroatoms. The van der Waals surface area contributed by atoms with Crippen molar-refractivity contribution in [2.24, 2.45) is 0 Å². The molecule has 0 bridgehead atoms. The zero-order valence-electron chi connectivity index (χ0n) is 11.0. The molecule has 106 valence electrons. The maximum Gasteiger partial charge on any atom is 0.220 e. The molecule has 3 nitrogen and oxygen atoms in total. The average Bonchev–Trinajstić information content (AvgIpc) is 2.72. The molecule has 0 fully saturated rings. The van der Waals surface area contributed by atoms with Gasteiger partial charge in [0.2, 0.25) is 5.91 Å². The van der Waals surface area contributed by atoms with E-state index in [4.69, 9.17) is 0 Å². The van der Waals surface area contributed by atoms with Crippen LogP contribution in [0.15, 0.2) is 18.2 Å². The molecular formula is C14H20ClFN2O. The van der Waals surface area contributed by atoms with Crippen LogP contribution in [0, 0.1) is 5.82 Å². The Kier molecular flexibility index (Phi) is 6.25. The summed E-state index contributed by atoms with van der Waals surface area (Å²) in [7, 11) is 1.87. The summed E-state index contributed by atoms with van der Waals surface area (Å²) < 4.78 is 13.1. The molecule has 1 amide bonds. The second-order valence-corrected chi connectivity index (χ2v) is 4.71. The van der Waals surface area contributed by atoms with E-state index in [9.17, 15) is 9.18 Å². The summed E-state index contributed by atoms with van der Waals surface area (Å²) in [5.74, 6) is -0.123. The van der Waals surface area contributed by atoms with Crippen molar-refractivity contribution in [3.05, 3.63) is 35.1 Å². The van der Waals surface area contributed by atoms with Gasteiger partial charge >= 0.3 is 0 Å². The molecule has 1 aromatic carbocycles. The molecule has 0 saturated heterocycles. The summed E-state index contributed by atoms with van der Waals surface area (Å²) in [6.07, 6.45) is 3.09. The normalized spacial score (nSPS) is 16.6. The van der Waals surface area contributed by atoms with Gasteiger partial charge in [-0.1, -0.05) is 6.07 Å². The van der Waals surface area contributed by atoms with Crippen molar-refractivity contribution >= 4 is 18.3 Å². The fourth-order valence-electron chi connectivity index (χ4n) is 2.43. The molecule has 0 saturated carbocycles. The molecule has 0 aromatic heterocycles. The number of carbonyl (C=O) groups is 1. The smallest absolute Gasteiger partial charge is 0.220 e. The van der Waals surface area contributed by atoms with E-state index in [1.807, 2.05) is 7.05 Å². The highest BCUT2D eigenvalue weighted by molar-refractivity contribution is 5.85. The Morgan fingerprint density at radius 2 is 2.26 bits per heavy atom. The van der Waals surface area contributed by atoms with Gasteiger partial charge in [0.25, 0.3) is 0 Å². The first-order valence-corrected chi connectivity index (χ1v) is 6.43. The molecule has 0 aliphatic heterocycles. The molecule has 19 heavy (non-hydrogen) atoms. The summed E-state index contributed by atoms with van der Waals surface area (Å²) in [6, 6.07) is 4.88. The Balaban J connectivity index is 0.00000180. The Morgan fingerprint density at radius 3 is 3.00 bits per heavy atom. The Labute approximate surface area is 119 Å². The third-order valence-corrected chi connectivity index (χ3v) is 3.35. The zero-order valence-corrected chi connectivity index (χ0v) is 11.9. The van der Waals surface area contributed by atoms with Crippen molar-refractivity contribution in [2.45, 2.75) is 31.7 Å². The van der Waals surface area contributed by atoms with E-state index in [1.165, 1.54) is 6.07 Å². The highest BCUT2D eigenvalue weighted by Gasteiger charge is 2.23. The van der Waals surface area contributed by atoms with Crippen molar-refractivity contribution in [1.82, 2.24) is 10.6 Å². The number of halogens is 2. The Bertz CT molecular complexity index is 439. The monoisotopic (exact) mass is 286 g/mol. The van der Waals surface area contributed by atoms with E-state index in [0.717, 1.165) is 36.9 Å². The second-order valence-electron chi connectivity index (χ2n) is 4.71. The molecule has 1 unspecified atom stereocenters. The molecule has 1 atom stereocenters. The maximum absolute atomic E-state index is 13.1. The Hall–Kier alpha value is -1.13. The van der Waals surface area contributed by atoms with Gasteiger partial charge in [-0.2, -0.15) is 0 Å². The van der Waals surface area contributed by atoms with Crippen LogP contribution in [-0.2, 0) is 11.2 Å². The molecule has 2 N–H and O–H groups in total. The number of hydrogen-bond donors (Lipinski definition) is 2. The predicted molar refractivity (Wildman–Crippen MR) is 76.0 cm³/mol. The van der Waals surface area contributed by atoms with Gasteiger partial charge in [-0.3, -0.25) is 4.79 Å². The van der Waals surface area contributed by atoms with E-state index >= 15 is 0 Å². The van der Waals surface area contributed by atoms with Gasteiger partial charge in [0.1, 0.15) is 5.82 Å². The lowest BCUT2D eigenvalue weighted by molar-refractivity contribution is -0.121. The molecule has 0 spiro atoms. The van der Waals surface area contributed by atoms with Crippen LogP contribution in [0.5, 0.6) is 0 Å². The van der Waals surface area contributed by atoms with Gasteiger partial charge < -0.3 is 10.6 Å². The number of fused-ring (bicyclic) bond motifs is 1.